The Bertz CT molecular complexity index is 859. The highest BCUT2D eigenvalue weighted by atomic mass is 35.5. The number of carbonyl (C=O) groups excluding carboxylic acids is 1. The van der Waals surface area contributed by atoms with Crippen molar-refractivity contribution in [1.29, 1.82) is 0 Å². The van der Waals surface area contributed by atoms with E-state index in [1.807, 2.05) is 43.3 Å². The minimum absolute atomic E-state index is 0.0525. The summed E-state index contributed by atoms with van der Waals surface area (Å²) >= 11 is 5.87. The quantitative estimate of drug-likeness (QED) is 0.725. The van der Waals surface area contributed by atoms with Crippen LogP contribution in [-0.2, 0) is 11.3 Å². The standard InChI is InChI=1S/C19H17ClN2O3/c1-13-4-2-3-5-18(13)24-12-19(23)21-11-16-10-17(22-25-16)14-6-8-15(20)9-7-14/h2-10H,11-12H2,1H3,(H,21,23). The molecule has 1 N–H and O–H groups in total. The lowest BCUT2D eigenvalue weighted by molar-refractivity contribution is -0.123. The molecule has 25 heavy (non-hydrogen) atoms. The topological polar surface area (TPSA) is 64.4 Å². The molecule has 0 fully saturated rings. The fourth-order valence-corrected chi connectivity index (χ4v) is 2.38. The SMILES string of the molecule is Cc1ccccc1OCC(=O)NCc1cc(-c2ccc(Cl)cc2)no1. The number of ether oxygens (including phenoxy) is 1. The molecule has 5 nitrogen and oxygen atoms in total. The van der Waals surface area contributed by atoms with E-state index in [1.54, 1.807) is 18.2 Å². The van der Waals surface area contributed by atoms with Gasteiger partial charge < -0.3 is 14.6 Å². The van der Waals surface area contributed by atoms with Crippen molar-refractivity contribution < 1.29 is 14.1 Å². The zero-order chi connectivity index (χ0) is 17.6. The Kier molecular flexibility index (Phi) is 5.36. The molecule has 6 heteroatoms. The predicted molar refractivity (Wildman–Crippen MR) is 95.5 cm³/mol. The lowest BCUT2D eigenvalue weighted by atomic mass is 10.1. The summed E-state index contributed by atoms with van der Waals surface area (Å²) in [6.07, 6.45) is 0. The van der Waals surface area contributed by atoms with Gasteiger partial charge in [0.1, 0.15) is 11.4 Å². The first-order valence-electron chi connectivity index (χ1n) is 7.78. The molecule has 0 radical (unpaired) electrons. The second kappa shape index (κ2) is 7.85. The van der Waals surface area contributed by atoms with Crippen LogP contribution < -0.4 is 10.1 Å². The Hall–Kier alpha value is -2.79. The van der Waals surface area contributed by atoms with Gasteiger partial charge in [0, 0.05) is 16.7 Å². The molecule has 1 aromatic heterocycles. The summed E-state index contributed by atoms with van der Waals surface area (Å²) in [6.45, 7) is 2.12. The van der Waals surface area contributed by atoms with Crippen LogP contribution >= 0.6 is 11.6 Å². The predicted octanol–water partition coefficient (Wildman–Crippen LogP) is 4.00. The van der Waals surface area contributed by atoms with Gasteiger partial charge in [-0.2, -0.15) is 0 Å². The van der Waals surface area contributed by atoms with E-state index in [0.717, 1.165) is 11.1 Å². The molecule has 0 bridgehead atoms. The number of halogens is 1. The van der Waals surface area contributed by atoms with E-state index >= 15 is 0 Å². The zero-order valence-electron chi connectivity index (χ0n) is 13.7. The van der Waals surface area contributed by atoms with Crippen LogP contribution in [0.2, 0.25) is 5.02 Å². The fourth-order valence-electron chi connectivity index (χ4n) is 2.25. The van der Waals surface area contributed by atoms with Crippen LogP contribution in [0.25, 0.3) is 11.3 Å². The lowest BCUT2D eigenvalue weighted by Crippen LogP contribution is -2.28. The highest BCUT2D eigenvalue weighted by Gasteiger charge is 2.09. The smallest absolute Gasteiger partial charge is 0.258 e. The Morgan fingerprint density at radius 3 is 2.72 bits per heavy atom. The van der Waals surface area contributed by atoms with Crippen LogP contribution in [-0.4, -0.2) is 17.7 Å². The highest BCUT2D eigenvalue weighted by Crippen LogP contribution is 2.21. The Labute approximate surface area is 150 Å². The second-order valence-electron chi connectivity index (χ2n) is 5.52. The molecule has 0 spiro atoms. The summed E-state index contributed by atoms with van der Waals surface area (Å²) in [7, 11) is 0. The van der Waals surface area contributed by atoms with Crippen molar-refractivity contribution >= 4 is 17.5 Å². The number of amides is 1. The average molecular weight is 357 g/mol. The molecule has 3 aromatic rings. The van der Waals surface area contributed by atoms with Gasteiger partial charge in [-0.15, -0.1) is 0 Å². The molecular formula is C19H17ClN2O3. The van der Waals surface area contributed by atoms with E-state index in [9.17, 15) is 4.79 Å². The Morgan fingerprint density at radius 2 is 1.96 bits per heavy atom. The largest absolute Gasteiger partial charge is 0.484 e. The first kappa shape index (κ1) is 17.0. The molecule has 0 unspecified atom stereocenters. The first-order chi connectivity index (χ1) is 12.1. The van der Waals surface area contributed by atoms with E-state index in [2.05, 4.69) is 10.5 Å². The van der Waals surface area contributed by atoms with Crippen molar-refractivity contribution in [3.8, 4) is 17.0 Å². The summed E-state index contributed by atoms with van der Waals surface area (Å²) in [5.74, 6) is 1.03. The van der Waals surface area contributed by atoms with E-state index in [4.69, 9.17) is 20.9 Å². The minimum atomic E-state index is -0.229. The second-order valence-corrected chi connectivity index (χ2v) is 5.95. The van der Waals surface area contributed by atoms with Gasteiger partial charge in [0.05, 0.1) is 6.54 Å². The van der Waals surface area contributed by atoms with Gasteiger partial charge in [0.2, 0.25) is 0 Å². The van der Waals surface area contributed by atoms with Crippen LogP contribution in [0.5, 0.6) is 5.75 Å². The third kappa shape index (κ3) is 4.61. The number of nitrogens with one attached hydrogen (secondary N) is 1. The number of aromatic nitrogens is 1. The molecule has 0 aliphatic rings. The normalized spacial score (nSPS) is 10.5. The lowest BCUT2D eigenvalue weighted by Gasteiger charge is -2.08. The van der Waals surface area contributed by atoms with Crippen molar-refractivity contribution in [2.75, 3.05) is 6.61 Å². The number of nitrogens with zero attached hydrogens (tertiary/aromatic N) is 1. The number of rotatable bonds is 6. The number of benzene rings is 2. The third-order valence-electron chi connectivity index (χ3n) is 3.61. The highest BCUT2D eigenvalue weighted by molar-refractivity contribution is 6.30. The summed E-state index contributed by atoms with van der Waals surface area (Å²) in [5, 5.41) is 7.40. The molecule has 0 atom stereocenters. The molecular weight excluding hydrogens is 340 g/mol. The minimum Gasteiger partial charge on any atom is -0.484 e. The molecule has 1 heterocycles. The number of aryl methyl sites for hydroxylation is 1. The van der Waals surface area contributed by atoms with E-state index < -0.39 is 0 Å². The number of hydrogen-bond acceptors (Lipinski definition) is 4. The van der Waals surface area contributed by atoms with Crippen molar-refractivity contribution in [2.24, 2.45) is 0 Å². The van der Waals surface area contributed by atoms with E-state index in [1.165, 1.54) is 0 Å². The maximum absolute atomic E-state index is 11.9. The van der Waals surface area contributed by atoms with Crippen LogP contribution in [0.1, 0.15) is 11.3 Å². The first-order valence-corrected chi connectivity index (χ1v) is 8.16. The molecule has 3 rings (SSSR count). The zero-order valence-corrected chi connectivity index (χ0v) is 14.4. The summed E-state index contributed by atoms with van der Waals surface area (Å²) < 4.78 is 10.7. The van der Waals surface area contributed by atoms with Crippen LogP contribution in [0.15, 0.2) is 59.1 Å². The maximum Gasteiger partial charge on any atom is 0.258 e. The van der Waals surface area contributed by atoms with E-state index in [-0.39, 0.29) is 19.1 Å². The van der Waals surface area contributed by atoms with Crippen molar-refractivity contribution in [2.45, 2.75) is 13.5 Å². The third-order valence-corrected chi connectivity index (χ3v) is 3.86. The van der Waals surface area contributed by atoms with Gasteiger partial charge in [-0.3, -0.25) is 4.79 Å². The molecule has 0 aliphatic carbocycles. The number of para-hydroxylation sites is 1. The monoisotopic (exact) mass is 356 g/mol. The average Bonchev–Trinajstić information content (AvgIpc) is 3.09. The van der Waals surface area contributed by atoms with Gasteiger partial charge in [-0.05, 0) is 30.7 Å². The molecule has 128 valence electrons. The van der Waals surface area contributed by atoms with Crippen LogP contribution in [0.3, 0.4) is 0 Å². The van der Waals surface area contributed by atoms with E-state index in [0.29, 0.717) is 22.2 Å². The maximum atomic E-state index is 11.9. The van der Waals surface area contributed by atoms with Crippen LogP contribution in [0.4, 0.5) is 0 Å². The number of carbonyl (C=O) groups is 1. The van der Waals surface area contributed by atoms with Gasteiger partial charge in [0.15, 0.2) is 12.4 Å². The van der Waals surface area contributed by atoms with Crippen LogP contribution in [0, 0.1) is 6.92 Å². The Morgan fingerprint density at radius 1 is 1.20 bits per heavy atom. The summed E-state index contributed by atoms with van der Waals surface area (Å²) in [6, 6.07) is 16.6. The summed E-state index contributed by atoms with van der Waals surface area (Å²) in [4.78, 5) is 11.9. The summed E-state index contributed by atoms with van der Waals surface area (Å²) in [5.41, 5.74) is 2.57. The van der Waals surface area contributed by atoms with Gasteiger partial charge in [-0.1, -0.05) is 47.1 Å². The molecule has 0 saturated carbocycles. The molecule has 0 saturated heterocycles. The van der Waals surface area contributed by atoms with Crippen molar-refractivity contribution in [1.82, 2.24) is 10.5 Å². The Balaban J connectivity index is 1.51. The van der Waals surface area contributed by atoms with Gasteiger partial charge in [0.25, 0.3) is 5.91 Å². The van der Waals surface area contributed by atoms with Gasteiger partial charge in [-0.25, -0.2) is 0 Å². The fraction of sp³-hybridized carbons (Fsp3) is 0.158. The molecule has 0 aliphatic heterocycles. The number of hydrogen-bond donors (Lipinski definition) is 1. The van der Waals surface area contributed by atoms with Crippen molar-refractivity contribution in [3.05, 3.63) is 70.9 Å². The van der Waals surface area contributed by atoms with Crippen molar-refractivity contribution in [3.63, 3.8) is 0 Å². The molecule has 1 amide bonds. The molecule has 2 aromatic carbocycles. The van der Waals surface area contributed by atoms with Gasteiger partial charge >= 0.3 is 0 Å².